The van der Waals surface area contributed by atoms with E-state index in [2.05, 4.69) is 5.32 Å². The Morgan fingerprint density at radius 3 is 2.50 bits per heavy atom. The molecule has 0 aromatic rings. The number of hydrogen-bond acceptors (Lipinski definition) is 2. The molecule has 14 heavy (non-hydrogen) atoms. The van der Waals surface area contributed by atoms with Crippen molar-refractivity contribution in [3.05, 3.63) is 0 Å². The second-order valence-electron chi connectivity index (χ2n) is 5.10. The first-order valence-corrected chi connectivity index (χ1v) is 6.21. The molecule has 0 aromatic carbocycles. The predicted octanol–water partition coefficient (Wildman–Crippen LogP) is 1.78. The minimum Gasteiger partial charge on any atom is -0.396 e. The zero-order valence-corrected chi connectivity index (χ0v) is 9.04. The molecule has 2 rings (SSSR count). The standard InChI is InChI=1S/C12H23NO/c14-9-10-6-12(8-13-7-10)11-4-2-1-3-5-11/h10-14H,1-9H2. The Balaban J connectivity index is 1.83. The molecule has 2 nitrogen and oxygen atoms in total. The first-order chi connectivity index (χ1) is 6.90. The van der Waals surface area contributed by atoms with Crippen molar-refractivity contribution < 1.29 is 5.11 Å². The number of nitrogens with one attached hydrogen (secondary N) is 1. The fourth-order valence-corrected chi connectivity index (χ4v) is 3.17. The SMILES string of the molecule is OCC1CNCC(C2CCCCC2)C1. The van der Waals surface area contributed by atoms with Gasteiger partial charge >= 0.3 is 0 Å². The van der Waals surface area contributed by atoms with Crippen molar-refractivity contribution in [2.45, 2.75) is 38.5 Å². The van der Waals surface area contributed by atoms with Crippen LogP contribution >= 0.6 is 0 Å². The van der Waals surface area contributed by atoms with Gasteiger partial charge in [-0.3, -0.25) is 0 Å². The Morgan fingerprint density at radius 1 is 1.00 bits per heavy atom. The lowest BCUT2D eigenvalue weighted by atomic mass is 9.75. The average Bonchev–Trinajstić information content (AvgIpc) is 2.30. The molecule has 1 aliphatic carbocycles. The van der Waals surface area contributed by atoms with Crippen LogP contribution in [-0.4, -0.2) is 24.8 Å². The monoisotopic (exact) mass is 197 g/mol. The van der Waals surface area contributed by atoms with E-state index in [9.17, 15) is 0 Å². The molecule has 1 aliphatic heterocycles. The normalized spacial score (nSPS) is 35.8. The van der Waals surface area contributed by atoms with Crippen LogP contribution in [0.5, 0.6) is 0 Å². The molecule has 0 aromatic heterocycles. The van der Waals surface area contributed by atoms with E-state index in [1.54, 1.807) is 0 Å². The topological polar surface area (TPSA) is 32.3 Å². The van der Waals surface area contributed by atoms with Gasteiger partial charge in [-0.25, -0.2) is 0 Å². The lowest BCUT2D eigenvalue weighted by molar-refractivity contribution is 0.128. The Labute approximate surface area is 87.1 Å². The van der Waals surface area contributed by atoms with Gasteiger partial charge in [0.1, 0.15) is 0 Å². The van der Waals surface area contributed by atoms with Gasteiger partial charge < -0.3 is 10.4 Å². The number of hydrogen-bond donors (Lipinski definition) is 2. The summed E-state index contributed by atoms with van der Waals surface area (Å²) in [6, 6.07) is 0. The second kappa shape index (κ2) is 5.13. The fraction of sp³-hybridized carbons (Fsp3) is 1.00. The summed E-state index contributed by atoms with van der Waals surface area (Å²) in [5, 5.41) is 12.6. The summed E-state index contributed by atoms with van der Waals surface area (Å²) in [5.74, 6) is 2.32. The molecule has 1 saturated carbocycles. The molecule has 2 atom stereocenters. The van der Waals surface area contributed by atoms with Crippen LogP contribution in [0, 0.1) is 17.8 Å². The zero-order chi connectivity index (χ0) is 9.80. The molecule has 2 heteroatoms. The highest BCUT2D eigenvalue weighted by Gasteiger charge is 2.28. The summed E-state index contributed by atoms with van der Waals surface area (Å²) < 4.78 is 0. The predicted molar refractivity (Wildman–Crippen MR) is 58.1 cm³/mol. The molecule has 2 fully saturated rings. The van der Waals surface area contributed by atoms with Crippen molar-refractivity contribution in [1.82, 2.24) is 5.32 Å². The maximum Gasteiger partial charge on any atom is 0.0471 e. The molecule has 0 bridgehead atoms. The minimum absolute atomic E-state index is 0.371. The smallest absolute Gasteiger partial charge is 0.0471 e. The largest absolute Gasteiger partial charge is 0.396 e. The van der Waals surface area contributed by atoms with Crippen LogP contribution in [0.3, 0.4) is 0 Å². The molecule has 1 heterocycles. The number of aliphatic hydroxyl groups is 1. The number of aliphatic hydroxyl groups excluding tert-OH is 1. The van der Waals surface area contributed by atoms with Gasteiger partial charge in [-0.2, -0.15) is 0 Å². The Hall–Kier alpha value is -0.0800. The molecule has 0 radical (unpaired) electrons. The summed E-state index contributed by atoms with van der Waals surface area (Å²) in [6.07, 6.45) is 8.44. The highest BCUT2D eigenvalue weighted by Crippen LogP contribution is 2.34. The molecule has 2 aliphatic rings. The third-order valence-corrected chi connectivity index (χ3v) is 4.05. The molecular weight excluding hydrogens is 174 g/mol. The van der Waals surface area contributed by atoms with Gasteiger partial charge in [0, 0.05) is 13.2 Å². The fourth-order valence-electron chi connectivity index (χ4n) is 3.17. The first kappa shape index (κ1) is 10.4. The Morgan fingerprint density at radius 2 is 1.79 bits per heavy atom. The molecule has 0 amide bonds. The van der Waals surface area contributed by atoms with Gasteiger partial charge in [0.15, 0.2) is 0 Å². The third kappa shape index (κ3) is 2.48. The minimum atomic E-state index is 0.371. The van der Waals surface area contributed by atoms with E-state index in [4.69, 9.17) is 5.11 Å². The molecule has 2 unspecified atom stereocenters. The van der Waals surface area contributed by atoms with Crippen molar-refractivity contribution >= 4 is 0 Å². The molecule has 0 spiro atoms. The van der Waals surface area contributed by atoms with Crippen molar-refractivity contribution in [3.63, 3.8) is 0 Å². The van der Waals surface area contributed by atoms with Crippen LogP contribution in [0.2, 0.25) is 0 Å². The lowest BCUT2D eigenvalue weighted by Crippen LogP contribution is -2.41. The maximum atomic E-state index is 9.17. The molecule has 1 saturated heterocycles. The van der Waals surface area contributed by atoms with Crippen LogP contribution in [0.15, 0.2) is 0 Å². The van der Waals surface area contributed by atoms with Crippen LogP contribution in [-0.2, 0) is 0 Å². The van der Waals surface area contributed by atoms with Gasteiger partial charge in [-0.1, -0.05) is 32.1 Å². The van der Waals surface area contributed by atoms with E-state index in [0.29, 0.717) is 12.5 Å². The van der Waals surface area contributed by atoms with E-state index in [-0.39, 0.29) is 0 Å². The Kier molecular flexibility index (Phi) is 3.82. The summed E-state index contributed by atoms with van der Waals surface area (Å²) in [5.41, 5.74) is 0. The van der Waals surface area contributed by atoms with E-state index >= 15 is 0 Å². The quantitative estimate of drug-likeness (QED) is 0.707. The van der Waals surface area contributed by atoms with E-state index < -0.39 is 0 Å². The van der Waals surface area contributed by atoms with E-state index in [0.717, 1.165) is 18.4 Å². The van der Waals surface area contributed by atoms with Gasteiger partial charge in [-0.15, -0.1) is 0 Å². The second-order valence-corrected chi connectivity index (χ2v) is 5.10. The van der Waals surface area contributed by atoms with Crippen LogP contribution in [0.4, 0.5) is 0 Å². The number of rotatable bonds is 2. The van der Waals surface area contributed by atoms with Crippen LogP contribution < -0.4 is 5.32 Å². The first-order valence-electron chi connectivity index (χ1n) is 6.21. The number of piperidine rings is 1. The van der Waals surface area contributed by atoms with Crippen LogP contribution in [0.1, 0.15) is 38.5 Å². The summed E-state index contributed by atoms with van der Waals surface area (Å²) in [6.45, 7) is 2.59. The van der Waals surface area contributed by atoms with E-state index in [1.165, 1.54) is 45.1 Å². The molecule has 82 valence electrons. The van der Waals surface area contributed by atoms with Crippen LogP contribution in [0.25, 0.3) is 0 Å². The summed E-state index contributed by atoms with van der Waals surface area (Å²) in [7, 11) is 0. The lowest BCUT2D eigenvalue weighted by Gasteiger charge is -2.36. The zero-order valence-electron chi connectivity index (χ0n) is 9.04. The average molecular weight is 197 g/mol. The Bertz CT molecular complexity index is 166. The maximum absolute atomic E-state index is 9.17. The van der Waals surface area contributed by atoms with Gasteiger partial charge in [0.2, 0.25) is 0 Å². The highest BCUT2D eigenvalue weighted by molar-refractivity contribution is 4.82. The van der Waals surface area contributed by atoms with Crippen molar-refractivity contribution in [1.29, 1.82) is 0 Å². The highest BCUT2D eigenvalue weighted by atomic mass is 16.3. The summed E-state index contributed by atoms with van der Waals surface area (Å²) >= 11 is 0. The van der Waals surface area contributed by atoms with Gasteiger partial charge in [0.25, 0.3) is 0 Å². The van der Waals surface area contributed by atoms with E-state index in [1.807, 2.05) is 0 Å². The van der Waals surface area contributed by atoms with Crippen molar-refractivity contribution in [3.8, 4) is 0 Å². The van der Waals surface area contributed by atoms with Crippen molar-refractivity contribution in [2.24, 2.45) is 17.8 Å². The molecule has 2 N–H and O–H groups in total. The summed E-state index contributed by atoms with van der Waals surface area (Å²) in [4.78, 5) is 0. The molecular formula is C12H23NO. The van der Waals surface area contributed by atoms with Crippen molar-refractivity contribution in [2.75, 3.05) is 19.7 Å². The van der Waals surface area contributed by atoms with Gasteiger partial charge in [0.05, 0.1) is 0 Å². The van der Waals surface area contributed by atoms with Gasteiger partial charge in [-0.05, 0) is 30.7 Å². The third-order valence-electron chi connectivity index (χ3n) is 4.05.